The predicted octanol–water partition coefficient (Wildman–Crippen LogP) is 5.16. The third-order valence-electron chi connectivity index (χ3n) is 3.07. The summed E-state index contributed by atoms with van der Waals surface area (Å²) in [7, 11) is 0. The molecular formula is C15H13ClN2S2. The first kappa shape index (κ1) is 13.7. The van der Waals surface area contributed by atoms with E-state index in [9.17, 15) is 0 Å². The lowest BCUT2D eigenvalue weighted by Crippen LogP contribution is -1.91. The van der Waals surface area contributed by atoms with E-state index in [1.165, 1.54) is 10.4 Å². The summed E-state index contributed by atoms with van der Waals surface area (Å²) in [5, 5.41) is 12.3. The predicted molar refractivity (Wildman–Crippen MR) is 86.7 cm³/mol. The van der Waals surface area contributed by atoms with Gasteiger partial charge in [-0.2, -0.15) is 0 Å². The second kappa shape index (κ2) is 6.04. The number of rotatable bonds is 4. The molecule has 0 amide bonds. The van der Waals surface area contributed by atoms with Gasteiger partial charge in [0.25, 0.3) is 0 Å². The van der Waals surface area contributed by atoms with Gasteiger partial charge in [0, 0.05) is 0 Å². The summed E-state index contributed by atoms with van der Waals surface area (Å²) in [6, 6.07) is 12.1. The van der Waals surface area contributed by atoms with Crippen molar-refractivity contribution < 1.29 is 0 Å². The summed E-state index contributed by atoms with van der Waals surface area (Å²) in [5.41, 5.74) is 2.38. The van der Waals surface area contributed by atoms with Crippen LogP contribution < -0.4 is 0 Å². The molecule has 3 aromatic rings. The maximum Gasteiger partial charge on any atom is 0.158 e. The van der Waals surface area contributed by atoms with Gasteiger partial charge in [-0.3, -0.25) is 0 Å². The minimum atomic E-state index is -0.229. The Morgan fingerprint density at radius 3 is 2.70 bits per heavy atom. The largest absolute Gasteiger partial charge is 0.158 e. The highest BCUT2D eigenvalue weighted by Gasteiger charge is 2.18. The smallest absolute Gasteiger partial charge is 0.141 e. The molecule has 2 nitrogen and oxygen atoms in total. The highest BCUT2D eigenvalue weighted by Crippen LogP contribution is 2.37. The molecule has 0 saturated carbocycles. The number of aromatic nitrogens is 2. The van der Waals surface area contributed by atoms with Crippen molar-refractivity contribution in [3.8, 4) is 9.88 Å². The summed E-state index contributed by atoms with van der Waals surface area (Å²) < 4.78 is 0. The minimum absolute atomic E-state index is 0.229. The van der Waals surface area contributed by atoms with Gasteiger partial charge < -0.3 is 0 Å². The first-order valence-electron chi connectivity index (χ1n) is 6.38. The van der Waals surface area contributed by atoms with Crippen molar-refractivity contribution in [3.05, 3.63) is 57.9 Å². The monoisotopic (exact) mass is 320 g/mol. The van der Waals surface area contributed by atoms with Crippen LogP contribution >= 0.6 is 34.3 Å². The number of hydrogen-bond donors (Lipinski definition) is 0. The van der Waals surface area contributed by atoms with Crippen LogP contribution in [0.1, 0.15) is 28.4 Å². The third-order valence-corrected chi connectivity index (χ3v) is 5.76. The van der Waals surface area contributed by atoms with Gasteiger partial charge in [0.05, 0.1) is 4.88 Å². The molecule has 1 aromatic carbocycles. The zero-order chi connectivity index (χ0) is 13.9. The maximum absolute atomic E-state index is 6.49. The van der Waals surface area contributed by atoms with E-state index >= 15 is 0 Å². The highest BCUT2D eigenvalue weighted by atomic mass is 35.5. The number of halogens is 1. The molecular weight excluding hydrogens is 308 g/mol. The molecule has 1 atom stereocenters. The number of hydrogen-bond acceptors (Lipinski definition) is 4. The van der Waals surface area contributed by atoms with Crippen molar-refractivity contribution in [2.24, 2.45) is 0 Å². The van der Waals surface area contributed by atoms with Gasteiger partial charge >= 0.3 is 0 Å². The summed E-state index contributed by atoms with van der Waals surface area (Å²) in [6.45, 7) is 2.15. The summed E-state index contributed by atoms with van der Waals surface area (Å²) in [4.78, 5) is 1.22. The zero-order valence-corrected chi connectivity index (χ0v) is 13.3. The molecule has 0 N–H and O–H groups in total. The molecule has 0 aliphatic heterocycles. The average molecular weight is 321 g/mol. The Balaban J connectivity index is 1.91. The van der Waals surface area contributed by atoms with Crippen LogP contribution in [0.4, 0.5) is 0 Å². The number of nitrogens with zero attached hydrogens (tertiary/aromatic N) is 2. The lowest BCUT2D eigenvalue weighted by molar-refractivity contribution is 0.987. The molecule has 0 bridgehead atoms. The molecule has 20 heavy (non-hydrogen) atoms. The van der Waals surface area contributed by atoms with Crippen LogP contribution in [0.25, 0.3) is 9.88 Å². The Morgan fingerprint density at radius 1 is 1.15 bits per heavy atom. The van der Waals surface area contributed by atoms with Crippen LogP contribution in [0.2, 0.25) is 0 Å². The van der Waals surface area contributed by atoms with Crippen LogP contribution in [0, 0.1) is 0 Å². The zero-order valence-electron chi connectivity index (χ0n) is 10.9. The van der Waals surface area contributed by atoms with Crippen LogP contribution in [-0.2, 0) is 6.42 Å². The van der Waals surface area contributed by atoms with Gasteiger partial charge in [0.2, 0.25) is 0 Å². The van der Waals surface area contributed by atoms with Gasteiger partial charge in [-0.15, -0.1) is 33.1 Å². The fraction of sp³-hybridized carbons (Fsp3) is 0.200. The van der Waals surface area contributed by atoms with Crippen LogP contribution in [0.5, 0.6) is 0 Å². The molecule has 0 aliphatic rings. The molecule has 0 saturated heterocycles. The summed E-state index contributed by atoms with van der Waals surface area (Å²) in [5.74, 6) is 0. The molecule has 102 valence electrons. The van der Waals surface area contributed by atoms with Gasteiger partial charge in [-0.25, -0.2) is 0 Å². The second-order valence-electron chi connectivity index (χ2n) is 4.35. The van der Waals surface area contributed by atoms with E-state index < -0.39 is 0 Å². The third kappa shape index (κ3) is 2.64. The van der Waals surface area contributed by atoms with Crippen molar-refractivity contribution >= 4 is 34.3 Å². The van der Waals surface area contributed by atoms with Crippen LogP contribution in [0.15, 0.2) is 41.8 Å². The average Bonchev–Trinajstić information content (AvgIpc) is 3.15. The Morgan fingerprint density at radius 2 is 1.95 bits per heavy atom. The Kier molecular flexibility index (Phi) is 4.15. The molecule has 0 spiro atoms. The van der Waals surface area contributed by atoms with Crippen molar-refractivity contribution in [2.45, 2.75) is 18.7 Å². The van der Waals surface area contributed by atoms with E-state index in [0.29, 0.717) is 0 Å². The van der Waals surface area contributed by atoms with Crippen LogP contribution in [-0.4, -0.2) is 10.2 Å². The highest BCUT2D eigenvalue weighted by molar-refractivity contribution is 7.21. The maximum atomic E-state index is 6.49. The number of thiophene rings is 1. The van der Waals surface area contributed by atoms with Gasteiger partial charge in [-0.1, -0.05) is 48.6 Å². The molecule has 3 rings (SSSR count). The Bertz CT molecular complexity index is 691. The Hall–Kier alpha value is -1.23. The molecule has 0 radical (unpaired) electrons. The molecule has 0 aliphatic carbocycles. The molecule has 0 fully saturated rings. The van der Waals surface area contributed by atoms with E-state index in [-0.39, 0.29) is 5.38 Å². The first-order chi connectivity index (χ1) is 9.79. The SMILES string of the molecule is CCc1ccsc1-c1nnc(C(Cl)c2ccccc2)s1. The lowest BCUT2D eigenvalue weighted by Gasteiger charge is -2.04. The molecule has 2 aromatic heterocycles. The molecule has 5 heteroatoms. The Labute approximate surface area is 131 Å². The number of benzene rings is 1. The van der Waals surface area contributed by atoms with Crippen LogP contribution in [0.3, 0.4) is 0 Å². The first-order valence-corrected chi connectivity index (χ1v) is 8.52. The summed E-state index contributed by atoms with van der Waals surface area (Å²) >= 11 is 9.78. The normalized spacial score (nSPS) is 12.5. The van der Waals surface area contributed by atoms with E-state index in [1.807, 2.05) is 30.3 Å². The fourth-order valence-corrected chi connectivity index (χ4v) is 4.29. The lowest BCUT2D eigenvalue weighted by atomic mass is 10.1. The fourth-order valence-electron chi connectivity index (χ4n) is 2.00. The number of alkyl halides is 1. The standard InChI is InChI=1S/C15H13ClN2S2/c1-2-10-8-9-19-13(10)15-18-17-14(20-15)12(16)11-6-4-3-5-7-11/h3-9,12H,2H2,1H3. The van der Waals surface area contributed by atoms with Gasteiger partial charge in [0.15, 0.2) is 5.01 Å². The summed E-state index contributed by atoms with van der Waals surface area (Å²) in [6.07, 6.45) is 1.01. The van der Waals surface area contributed by atoms with E-state index in [4.69, 9.17) is 11.6 Å². The van der Waals surface area contributed by atoms with Crippen molar-refractivity contribution in [1.29, 1.82) is 0 Å². The quantitative estimate of drug-likeness (QED) is 0.621. The number of aryl methyl sites for hydroxylation is 1. The van der Waals surface area contributed by atoms with Crippen molar-refractivity contribution in [2.75, 3.05) is 0 Å². The van der Waals surface area contributed by atoms with E-state index in [0.717, 1.165) is 22.0 Å². The second-order valence-corrected chi connectivity index (χ2v) is 6.71. The van der Waals surface area contributed by atoms with Crippen molar-refractivity contribution in [1.82, 2.24) is 10.2 Å². The molecule has 1 unspecified atom stereocenters. The van der Waals surface area contributed by atoms with E-state index in [1.54, 1.807) is 22.7 Å². The van der Waals surface area contributed by atoms with Gasteiger partial charge in [-0.05, 0) is 29.0 Å². The minimum Gasteiger partial charge on any atom is -0.141 e. The molecule has 2 heterocycles. The topological polar surface area (TPSA) is 25.8 Å². The van der Waals surface area contributed by atoms with Gasteiger partial charge in [0.1, 0.15) is 10.4 Å². The van der Waals surface area contributed by atoms with E-state index in [2.05, 4.69) is 28.6 Å². The van der Waals surface area contributed by atoms with Crippen molar-refractivity contribution in [3.63, 3.8) is 0 Å².